The minimum atomic E-state index is -4.19. The molecular formula is C16H25F3N2O3. The standard InChI is InChI=1S/C16H25F3N2O3/c1-2-24-14(22)11-6-8-21(9-7-11)15(23)20-13-5-3-4-12(10-13)16(17,18)19/h11-13H,2-10H2,1H3,(H,20,23). The van der Waals surface area contributed by atoms with E-state index >= 15 is 0 Å². The van der Waals surface area contributed by atoms with Crippen molar-refractivity contribution in [2.75, 3.05) is 19.7 Å². The first-order valence-electron chi connectivity index (χ1n) is 8.60. The summed E-state index contributed by atoms with van der Waals surface area (Å²) in [6.45, 7) is 2.93. The first kappa shape index (κ1) is 18.9. The van der Waals surface area contributed by atoms with Gasteiger partial charge in [-0.05, 0) is 39.0 Å². The van der Waals surface area contributed by atoms with Crippen LogP contribution < -0.4 is 5.32 Å². The molecule has 138 valence electrons. The maximum Gasteiger partial charge on any atom is 0.391 e. The summed E-state index contributed by atoms with van der Waals surface area (Å²) in [4.78, 5) is 25.5. The monoisotopic (exact) mass is 350 g/mol. The first-order chi connectivity index (χ1) is 11.3. The Morgan fingerprint density at radius 3 is 2.42 bits per heavy atom. The minimum Gasteiger partial charge on any atom is -0.466 e. The molecule has 1 aliphatic carbocycles. The molecule has 2 unspecified atom stereocenters. The van der Waals surface area contributed by atoms with Gasteiger partial charge in [-0.3, -0.25) is 4.79 Å². The summed E-state index contributed by atoms with van der Waals surface area (Å²) in [7, 11) is 0. The van der Waals surface area contributed by atoms with Crippen LogP contribution in [0.4, 0.5) is 18.0 Å². The van der Waals surface area contributed by atoms with Gasteiger partial charge in [-0.25, -0.2) is 4.79 Å². The average molecular weight is 350 g/mol. The molecule has 24 heavy (non-hydrogen) atoms. The first-order valence-corrected chi connectivity index (χ1v) is 8.60. The van der Waals surface area contributed by atoms with E-state index < -0.39 is 18.1 Å². The van der Waals surface area contributed by atoms with Crippen LogP contribution in [-0.2, 0) is 9.53 Å². The molecule has 2 rings (SSSR count). The van der Waals surface area contributed by atoms with Crippen LogP contribution in [-0.4, -0.2) is 48.8 Å². The molecule has 0 aromatic rings. The normalized spacial score (nSPS) is 26.1. The van der Waals surface area contributed by atoms with Crippen molar-refractivity contribution < 1.29 is 27.5 Å². The number of carbonyl (C=O) groups excluding carboxylic acids is 2. The van der Waals surface area contributed by atoms with Crippen molar-refractivity contribution in [1.82, 2.24) is 10.2 Å². The molecular weight excluding hydrogens is 325 g/mol. The predicted molar refractivity (Wildman–Crippen MR) is 81.3 cm³/mol. The molecule has 0 bridgehead atoms. The zero-order valence-corrected chi connectivity index (χ0v) is 13.9. The average Bonchev–Trinajstić information content (AvgIpc) is 2.54. The number of likely N-dealkylation sites (tertiary alicyclic amines) is 1. The molecule has 1 saturated carbocycles. The molecule has 1 N–H and O–H groups in total. The minimum absolute atomic E-state index is 0.0471. The number of ether oxygens (including phenoxy) is 1. The maximum atomic E-state index is 12.8. The Balaban J connectivity index is 1.78. The van der Waals surface area contributed by atoms with Gasteiger partial charge in [-0.2, -0.15) is 13.2 Å². The molecule has 2 atom stereocenters. The van der Waals surface area contributed by atoms with Gasteiger partial charge in [0.1, 0.15) is 0 Å². The molecule has 2 aliphatic rings. The van der Waals surface area contributed by atoms with Gasteiger partial charge in [0.15, 0.2) is 0 Å². The van der Waals surface area contributed by atoms with Gasteiger partial charge in [0.25, 0.3) is 0 Å². The lowest BCUT2D eigenvalue weighted by molar-refractivity contribution is -0.183. The summed E-state index contributed by atoms with van der Waals surface area (Å²) in [6.07, 6.45) is -1.99. The highest BCUT2D eigenvalue weighted by atomic mass is 19.4. The number of halogens is 3. The summed E-state index contributed by atoms with van der Waals surface area (Å²) >= 11 is 0. The van der Waals surface area contributed by atoms with Crippen molar-refractivity contribution in [2.24, 2.45) is 11.8 Å². The van der Waals surface area contributed by atoms with Crippen molar-refractivity contribution in [2.45, 2.75) is 57.7 Å². The second-order valence-corrected chi connectivity index (χ2v) is 6.56. The van der Waals surface area contributed by atoms with Gasteiger partial charge in [0.2, 0.25) is 0 Å². The van der Waals surface area contributed by atoms with Crippen LogP contribution in [0.2, 0.25) is 0 Å². The summed E-state index contributed by atoms with van der Waals surface area (Å²) in [5.74, 6) is -1.76. The topological polar surface area (TPSA) is 58.6 Å². The zero-order valence-electron chi connectivity index (χ0n) is 13.9. The van der Waals surface area contributed by atoms with Gasteiger partial charge in [0.05, 0.1) is 18.4 Å². The van der Waals surface area contributed by atoms with E-state index in [0.29, 0.717) is 45.4 Å². The number of nitrogens with zero attached hydrogens (tertiary/aromatic N) is 1. The molecule has 1 aliphatic heterocycles. The third-order valence-corrected chi connectivity index (χ3v) is 4.87. The number of amides is 2. The highest BCUT2D eigenvalue weighted by Gasteiger charge is 2.42. The number of nitrogens with one attached hydrogen (secondary N) is 1. The predicted octanol–water partition coefficient (Wildman–Crippen LogP) is 3.09. The van der Waals surface area contributed by atoms with E-state index in [2.05, 4.69) is 5.32 Å². The van der Waals surface area contributed by atoms with E-state index in [1.54, 1.807) is 11.8 Å². The number of piperidine rings is 1. The number of esters is 1. The third-order valence-electron chi connectivity index (χ3n) is 4.87. The lowest BCUT2D eigenvalue weighted by atomic mass is 9.85. The Kier molecular flexibility index (Phi) is 6.34. The number of hydrogen-bond acceptors (Lipinski definition) is 3. The van der Waals surface area contributed by atoms with Crippen molar-refractivity contribution in [3.8, 4) is 0 Å². The molecule has 1 heterocycles. The SMILES string of the molecule is CCOC(=O)C1CCN(C(=O)NC2CCCC(C(F)(F)F)C2)CC1. The van der Waals surface area contributed by atoms with E-state index in [1.807, 2.05) is 0 Å². The Morgan fingerprint density at radius 2 is 1.83 bits per heavy atom. The fraction of sp³-hybridized carbons (Fsp3) is 0.875. The maximum absolute atomic E-state index is 12.8. The highest BCUT2D eigenvalue weighted by Crippen LogP contribution is 2.37. The summed E-state index contributed by atoms with van der Waals surface area (Å²) in [5.41, 5.74) is 0. The molecule has 2 fully saturated rings. The fourth-order valence-electron chi connectivity index (χ4n) is 3.46. The lowest BCUT2D eigenvalue weighted by Crippen LogP contribution is -2.50. The van der Waals surface area contributed by atoms with Gasteiger partial charge in [-0.15, -0.1) is 0 Å². The third kappa shape index (κ3) is 5.01. The van der Waals surface area contributed by atoms with Crippen LogP contribution in [0.25, 0.3) is 0 Å². The number of hydrogen-bond donors (Lipinski definition) is 1. The van der Waals surface area contributed by atoms with Crippen molar-refractivity contribution in [1.29, 1.82) is 0 Å². The number of rotatable bonds is 3. The van der Waals surface area contributed by atoms with E-state index in [1.165, 1.54) is 0 Å². The van der Waals surface area contributed by atoms with Crippen LogP contribution in [0.3, 0.4) is 0 Å². The second-order valence-electron chi connectivity index (χ2n) is 6.56. The van der Waals surface area contributed by atoms with E-state index in [-0.39, 0.29) is 30.8 Å². The fourth-order valence-corrected chi connectivity index (χ4v) is 3.46. The Labute approximate surface area is 139 Å². The van der Waals surface area contributed by atoms with Gasteiger partial charge >= 0.3 is 18.2 Å². The summed E-state index contributed by atoms with van der Waals surface area (Å²) < 4.78 is 43.4. The smallest absolute Gasteiger partial charge is 0.391 e. The van der Waals surface area contributed by atoms with Crippen LogP contribution >= 0.6 is 0 Å². The number of carbonyl (C=O) groups is 2. The second kappa shape index (κ2) is 8.07. The van der Waals surface area contributed by atoms with Gasteiger partial charge in [-0.1, -0.05) is 6.42 Å². The lowest BCUT2D eigenvalue weighted by Gasteiger charge is -2.35. The summed E-state index contributed by atoms with van der Waals surface area (Å²) in [5, 5.41) is 2.73. The molecule has 0 spiro atoms. The largest absolute Gasteiger partial charge is 0.466 e. The molecule has 8 heteroatoms. The molecule has 2 amide bonds. The Bertz CT molecular complexity index is 448. The Morgan fingerprint density at radius 1 is 1.17 bits per heavy atom. The van der Waals surface area contributed by atoms with Crippen molar-refractivity contribution >= 4 is 12.0 Å². The molecule has 1 saturated heterocycles. The quantitative estimate of drug-likeness (QED) is 0.796. The van der Waals surface area contributed by atoms with Crippen LogP contribution in [0.1, 0.15) is 45.4 Å². The molecule has 0 radical (unpaired) electrons. The van der Waals surface area contributed by atoms with Crippen molar-refractivity contribution in [3.63, 3.8) is 0 Å². The van der Waals surface area contributed by atoms with E-state index in [9.17, 15) is 22.8 Å². The van der Waals surface area contributed by atoms with Crippen molar-refractivity contribution in [3.05, 3.63) is 0 Å². The van der Waals surface area contributed by atoms with E-state index in [0.717, 1.165) is 0 Å². The zero-order chi connectivity index (χ0) is 17.7. The molecule has 0 aromatic heterocycles. The van der Waals surface area contributed by atoms with Crippen LogP contribution in [0.5, 0.6) is 0 Å². The Hall–Kier alpha value is -1.47. The molecule has 0 aromatic carbocycles. The van der Waals surface area contributed by atoms with Gasteiger partial charge in [0, 0.05) is 19.1 Å². The van der Waals surface area contributed by atoms with E-state index in [4.69, 9.17) is 4.74 Å². The molecule has 5 nitrogen and oxygen atoms in total. The number of urea groups is 1. The van der Waals surface area contributed by atoms with Crippen LogP contribution in [0, 0.1) is 11.8 Å². The van der Waals surface area contributed by atoms with Gasteiger partial charge < -0.3 is 15.0 Å². The van der Waals surface area contributed by atoms with Crippen LogP contribution in [0.15, 0.2) is 0 Å². The number of alkyl halides is 3. The summed E-state index contributed by atoms with van der Waals surface area (Å²) in [6, 6.07) is -0.759. The highest BCUT2D eigenvalue weighted by molar-refractivity contribution is 5.76.